The number of rotatable bonds is 5. The van der Waals surface area contributed by atoms with Gasteiger partial charge in [-0.15, -0.1) is 0 Å². The summed E-state index contributed by atoms with van der Waals surface area (Å²) < 4.78 is 29.7. The predicted octanol–water partition coefficient (Wildman–Crippen LogP) is 5.07. The van der Waals surface area contributed by atoms with Gasteiger partial charge in [-0.1, -0.05) is 19.3 Å². The molecular formula is C23H28F2N6O. The van der Waals surface area contributed by atoms with Gasteiger partial charge in [0.25, 0.3) is 0 Å². The number of aliphatic hydroxyl groups is 1. The van der Waals surface area contributed by atoms with Crippen LogP contribution in [-0.4, -0.2) is 36.8 Å². The van der Waals surface area contributed by atoms with Crippen molar-refractivity contribution in [1.82, 2.24) is 19.5 Å². The Kier molecular flexibility index (Phi) is 5.91. The Balaban J connectivity index is 1.49. The first-order valence-electron chi connectivity index (χ1n) is 11.5. The molecule has 0 spiro atoms. The molecule has 0 unspecified atom stereocenters. The van der Waals surface area contributed by atoms with Crippen LogP contribution in [0.4, 0.5) is 26.4 Å². The lowest BCUT2D eigenvalue weighted by atomic mass is 9.93. The maximum Gasteiger partial charge on any atom is 0.224 e. The second kappa shape index (κ2) is 8.97. The van der Waals surface area contributed by atoms with Gasteiger partial charge in [-0.05, 0) is 50.7 Å². The van der Waals surface area contributed by atoms with Gasteiger partial charge in [0, 0.05) is 18.2 Å². The van der Waals surface area contributed by atoms with Gasteiger partial charge in [0.05, 0.1) is 18.0 Å². The van der Waals surface area contributed by atoms with E-state index in [9.17, 15) is 13.9 Å². The third kappa shape index (κ3) is 4.39. The van der Waals surface area contributed by atoms with E-state index in [2.05, 4.69) is 25.2 Å². The maximum atomic E-state index is 14.3. The number of nitrogens with one attached hydrogen (secondary N) is 2. The van der Waals surface area contributed by atoms with E-state index in [0.717, 1.165) is 57.4 Å². The summed E-state index contributed by atoms with van der Waals surface area (Å²) in [4.78, 5) is 13.9. The Morgan fingerprint density at radius 3 is 2.50 bits per heavy atom. The van der Waals surface area contributed by atoms with E-state index in [1.807, 2.05) is 0 Å². The molecule has 3 N–H and O–H groups in total. The number of imidazole rings is 1. The molecule has 0 amide bonds. The Hall–Kier alpha value is -2.81. The summed E-state index contributed by atoms with van der Waals surface area (Å²) in [6.45, 7) is 0. The molecule has 5 rings (SSSR count). The Morgan fingerprint density at radius 2 is 1.75 bits per heavy atom. The van der Waals surface area contributed by atoms with Gasteiger partial charge in [0.15, 0.2) is 5.65 Å². The minimum atomic E-state index is -0.667. The molecule has 9 heteroatoms. The highest BCUT2D eigenvalue weighted by atomic mass is 19.1. The topological polar surface area (TPSA) is 87.9 Å². The molecule has 0 atom stereocenters. The number of aliphatic hydroxyl groups excluding tert-OH is 1. The second-order valence-electron chi connectivity index (χ2n) is 8.90. The number of hydrogen-bond donors (Lipinski definition) is 3. The molecule has 170 valence electrons. The average molecular weight is 443 g/mol. The summed E-state index contributed by atoms with van der Waals surface area (Å²) in [5.41, 5.74) is 1.51. The second-order valence-corrected chi connectivity index (χ2v) is 8.90. The molecule has 3 aromatic rings. The molecule has 0 aliphatic heterocycles. The predicted molar refractivity (Wildman–Crippen MR) is 119 cm³/mol. The molecule has 0 bridgehead atoms. The molecule has 2 aliphatic rings. The number of fused-ring (bicyclic) bond motifs is 1. The SMILES string of the molecule is OC1CCC(Nc2ncc3nc(Nc4ccc(F)cc4F)n(C4CCCCC4)c3n2)CC1. The fraction of sp³-hybridized carbons (Fsp3) is 0.522. The molecule has 2 saturated carbocycles. The van der Waals surface area contributed by atoms with Crippen molar-refractivity contribution in [1.29, 1.82) is 0 Å². The third-order valence-corrected chi connectivity index (χ3v) is 6.58. The summed E-state index contributed by atoms with van der Waals surface area (Å²) >= 11 is 0. The van der Waals surface area contributed by atoms with Crippen LogP contribution in [0.3, 0.4) is 0 Å². The first-order chi connectivity index (χ1) is 15.6. The van der Waals surface area contributed by atoms with Crippen molar-refractivity contribution in [2.75, 3.05) is 10.6 Å². The largest absolute Gasteiger partial charge is 0.393 e. The standard InChI is InChI=1S/C23H28F2N6O/c24-14-6-11-19(18(25)12-14)28-23-29-20-13-26-22(27-15-7-9-17(32)10-8-15)30-21(20)31(23)16-4-2-1-3-5-16/h6,11-13,15-17,32H,1-5,7-10H2,(H,28,29)(H,26,27,30). The van der Waals surface area contributed by atoms with Gasteiger partial charge < -0.3 is 15.7 Å². The number of halogens is 2. The highest BCUT2D eigenvalue weighted by Gasteiger charge is 2.25. The van der Waals surface area contributed by atoms with Crippen molar-refractivity contribution < 1.29 is 13.9 Å². The molecule has 2 fully saturated rings. The van der Waals surface area contributed by atoms with Crippen LogP contribution >= 0.6 is 0 Å². The van der Waals surface area contributed by atoms with Gasteiger partial charge in [0.1, 0.15) is 17.2 Å². The highest BCUT2D eigenvalue weighted by molar-refractivity contribution is 5.76. The fourth-order valence-corrected chi connectivity index (χ4v) is 4.85. The van der Waals surface area contributed by atoms with Crippen molar-refractivity contribution in [2.24, 2.45) is 0 Å². The van der Waals surface area contributed by atoms with Crippen molar-refractivity contribution in [3.63, 3.8) is 0 Å². The van der Waals surface area contributed by atoms with Gasteiger partial charge in [-0.25, -0.2) is 18.7 Å². The number of aromatic nitrogens is 4. The molecule has 32 heavy (non-hydrogen) atoms. The summed E-state index contributed by atoms with van der Waals surface area (Å²) in [5, 5.41) is 16.2. The number of nitrogens with zero attached hydrogens (tertiary/aromatic N) is 4. The Labute approximate surface area is 185 Å². The van der Waals surface area contributed by atoms with Crippen molar-refractivity contribution >= 4 is 28.7 Å². The van der Waals surface area contributed by atoms with E-state index in [-0.39, 0.29) is 23.9 Å². The van der Waals surface area contributed by atoms with Crippen LogP contribution in [0.1, 0.15) is 63.8 Å². The van der Waals surface area contributed by atoms with Crippen LogP contribution in [-0.2, 0) is 0 Å². The van der Waals surface area contributed by atoms with E-state index < -0.39 is 11.6 Å². The number of hydrogen-bond acceptors (Lipinski definition) is 6. The van der Waals surface area contributed by atoms with Crippen molar-refractivity contribution in [3.05, 3.63) is 36.0 Å². The quantitative estimate of drug-likeness (QED) is 0.511. The molecule has 0 radical (unpaired) electrons. The van der Waals surface area contributed by atoms with Crippen LogP contribution < -0.4 is 10.6 Å². The van der Waals surface area contributed by atoms with E-state index >= 15 is 0 Å². The van der Waals surface area contributed by atoms with E-state index in [1.165, 1.54) is 18.6 Å². The van der Waals surface area contributed by atoms with Crippen LogP contribution in [0, 0.1) is 11.6 Å². The zero-order valence-corrected chi connectivity index (χ0v) is 17.9. The summed E-state index contributed by atoms with van der Waals surface area (Å²) in [5.74, 6) is -0.258. The Morgan fingerprint density at radius 1 is 0.969 bits per heavy atom. The molecule has 1 aromatic carbocycles. The van der Waals surface area contributed by atoms with E-state index in [4.69, 9.17) is 4.98 Å². The van der Waals surface area contributed by atoms with Gasteiger partial charge >= 0.3 is 0 Å². The van der Waals surface area contributed by atoms with E-state index in [1.54, 1.807) is 6.20 Å². The summed E-state index contributed by atoms with van der Waals surface area (Å²) in [6, 6.07) is 3.90. The molecule has 2 heterocycles. The van der Waals surface area contributed by atoms with E-state index in [0.29, 0.717) is 23.1 Å². The van der Waals surface area contributed by atoms with Crippen LogP contribution in [0.5, 0.6) is 0 Å². The normalized spacial score (nSPS) is 22.2. The highest BCUT2D eigenvalue weighted by Crippen LogP contribution is 2.35. The fourth-order valence-electron chi connectivity index (χ4n) is 4.85. The smallest absolute Gasteiger partial charge is 0.224 e. The van der Waals surface area contributed by atoms with Crippen molar-refractivity contribution in [3.8, 4) is 0 Å². The molecular weight excluding hydrogens is 414 g/mol. The maximum absolute atomic E-state index is 14.3. The molecule has 0 saturated heterocycles. The lowest BCUT2D eigenvalue weighted by Crippen LogP contribution is -2.29. The van der Waals surface area contributed by atoms with Gasteiger partial charge in [-0.3, -0.25) is 4.57 Å². The summed E-state index contributed by atoms with van der Waals surface area (Å²) in [7, 11) is 0. The lowest BCUT2D eigenvalue weighted by Gasteiger charge is -2.26. The molecule has 2 aromatic heterocycles. The number of anilines is 3. The Bertz CT molecular complexity index is 1090. The zero-order chi connectivity index (χ0) is 22.1. The van der Waals surface area contributed by atoms with Crippen LogP contribution in [0.25, 0.3) is 11.2 Å². The minimum Gasteiger partial charge on any atom is -0.393 e. The van der Waals surface area contributed by atoms with Crippen molar-refractivity contribution in [2.45, 2.75) is 76.0 Å². The first-order valence-corrected chi connectivity index (χ1v) is 11.5. The van der Waals surface area contributed by atoms with Gasteiger partial charge in [0.2, 0.25) is 11.9 Å². The number of benzene rings is 1. The average Bonchev–Trinajstić information content (AvgIpc) is 3.15. The monoisotopic (exact) mass is 442 g/mol. The van der Waals surface area contributed by atoms with Crippen LogP contribution in [0.15, 0.2) is 24.4 Å². The molecule has 2 aliphatic carbocycles. The minimum absolute atomic E-state index is 0.172. The zero-order valence-electron chi connectivity index (χ0n) is 17.9. The van der Waals surface area contributed by atoms with Gasteiger partial charge in [-0.2, -0.15) is 4.98 Å². The summed E-state index contributed by atoms with van der Waals surface area (Å²) in [6.07, 6.45) is 10.2. The first kappa shape index (κ1) is 21.1. The molecule has 7 nitrogen and oxygen atoms in total. The lowest BCUT2D eigenvalue weighted by molar-refractivity contribution is 0.126. The van der Waals surface area contributed by atoms with Crippen LogP contribution in [0.2, 0.25) is 0 Å². The third-order valence-electron chi connectivity index (χ3n) is 6.58.